The highest BCUT2D eigenvalue weighted by Crippen LogP contribution is 2.21. The molecule has 0 aliphatic heterocycles. The summed E-state index contributed by atoms with van der Waals surface area (Å²) >= 11 is 7.34. The van der Waals surface area contributed by atoms with E-state index in [1.54, 1.807) is 18.3 Å². The number of thioether (sulfide) groups is 1. The fourth-order valence-electron chi connectivity index (χ4n) is 1.94. The van der Waals surface area contributed by atoms with Gasteiger partial charge in [0.1, 0.15) is 6.04 Å². The molecule has 1 aromatic heterocycles. The molecule has 0 radical (unpaired) electrons. The minimum absolute atomic E-state index is 0.239. The predicted molar refractivity (Wildman–Crippen MR) is 95.9 cm³/mol. The molecule has 2 amide bonds. The third-order valence-electron chi connectivity index (χ3n) is 3.09. The monoisotopic (exact) mass is 363 g/mol. The molecular weight excluding hydrogens is 346 g/mol. The van der Waals surface area contributed by atoms with Crippen LogP contribution in [-0.4, -0.2) is 28.6 Å². The number of hydrogen-bond acceptors (Lipinski definition) is 4. The molecule has 0 saturated carbocycles. The van der Waals surface area contributed by atoms with Crippen LogP contribution in [-0.2, 0) is 16.1 Å². The summed E-state index contributed by atoms with van der Waals surface area (Å²) in [6, 6.07) is 12.2. The quantitative estimate of drug-likeness (QED) is 0.742. The number of rotatable bonds is 7. The summed E-state index contributed by atoms with van der Waals surface area (Å²) in [5.74, 6) is -0.0584. The maximum Gasteiger partial charge on any atom is 0.243 e. The Morgan fingerprint density at radius 1 is 1.21 bits per heavy atom. The number of carbonyl (C=O) groups is 2. The van der Waals surface area contributed by atoms with Crippen LogP contribution in [0.15, 0.2) is 53.6 Å². The van der Waals surface area contributed by atoms with Gasteiger partial charge in [-0.25, -0.2) is 0 Å². The van der Waals surface area contributed by atoms with E-state index in [1.165, 1.54) is 18.7 Å². The maximum atomic E-state index is 12.3. The molecule has 1 unspecified atom stereocenters. The van der Waals surface area contributed by atoms with Gasteiger partial charge in [0.15, 0.2) is 0 Å². The van der Waals surface area contributed by atoms with Crippen molar-refractivity contribution in [1.29, 1.82) is 0 Å². The van der Waals surface area contributed by atoms with Gasteiger partial charge in [0.05, 0.1) is 12.2 Å². The van der Waals surface area contributed by atoms with Crippen molar-refractivity contribution in [3.8, 4) is 0 Å². The van der Waals surface area contributed by atoms with E-state index in [9.17, 15) is 9.59 Å². The molecule has 1 aromatic carbocycles. The summed E-state index contributed by atoms with van der Waals surface area (Å²) in [6.45, 7) is 1.72. The number of nitrogens with zero attached hydrogens (tertiary/aromatic N) is 1. The van der Waals surface area contributed by atoms with Crippen molar-refractivity contribution in [1.82, 2.24) is 15.6 Å². The van der Waals surface area contributed by atoms with Crippen molar-refractivity contribution in [2.24, 2.45) is 0 Å². The van der Waals surface area contributed by atoms with Crippen molar-refractivity contribution >= 4 is 35.2 Å². The van der Waals surface area contributed by atoms with Crippen molar-refractivity contribution in [2.75, 3.05) is 5.75 Å². The number of hydrogen-bond donors (Lipinski definition) is 2. The molecule has 24 heavy (non-hydrogen) atoms. The number of benzene rings is 1. The molecule has 0 fully saturated rings. The zero-order valence-corrected chi connectivity index (χ0v) is 14.7. The molecule has 2 rings (SSSR count). The zero-order chi connectivity index (χ0) is 17.4. The van der Waals surface area contributed by atoms with Gasteiger partial charge >= 0.3 is 0 Å². The van der Waals surface area contributed by atoms with Gasteiger partial charge < -0.3 is 10.6 Å². The number of halogens is 1. The average molecular weight is 364 g/mol. The number of amides is 2. The van der Waals surface area contributed by atoms with Gasteiger partial charge in [0, 0.05) is 28.8 Å². The molecule has 0 aliphatic rings. The lowest BCUT2D eigenvalue weighted by atomic mass is 10.3. The van der Waals surface area contributed by atoms with Crippen molar-refractivity contribution in [2.45, 2.75) is 24.4 Å². The Hall–Kier alpha value is -2.05. The van der Waals surface area contributed by atoms with Crippen LogP contribution in [0.4, 0.5) is 0 Å². The van der Waals surface area contributed by atoms with Gasteiger partial charge in [0.25, 0.3) is 0 Å². The Labute approximate surface area is 150 Å². The van der Waals surface area contributed by atoms with Crippen LogP contribution in [0.1, 0.15) is 12.6 Å². The van der Waals surface area contributed by atoms with E-state index >= 15 is 0 Å². The lowest BCUT2D eigenvalue weighted by molar-refractivity contribution is -0.127. The average Bonchev–Trinajstić information content (AvgIpc) is 2.58. The van der Waals surface area contributed by atoms with Crippen LogP contribution in [0.25, 0.3) is 0 Å². The molecule has 2 N–H and O–H groups in total. The Balaban J connectivity index is 1.92. The van der Waals surface area contributed by atoms with Crippen LogP contribution in [0.5, 0.6) is 0 Å². The standard InChI is InChI=1S/C17H18ClN3O2S/c1-12(22)21-16(11-24-15-7-5-13(18)6-8-15)17(23)20-10-14-4-2-3-9-19-14/h2-9,16H,10-11H2,1H3,(H,20,23)(H,21,22). The molecule has 7 heteroatoms. The third-order valence-corrected chi connectivity index (χ3v) is 4.45. The fourth-order valence-corrected chi connectivity index (χ4v) is 2.99. The summed E-state index contributed by atoms with van der Waals surface area (Å²) in [6.07, 6.45) is 1.67. The van der Waals surface area contributed by atoms with Crippen molar-refractivity contribution in [3.05, 3.63) is 59.4 Å². The molecule has 0 spiro atoms. The first kappa shape index (κ1) is 18.3. The summed E-state index contributed by atoms with van der Waals surface area (Å²) in [5, 5.41) is 6.14. The molecule has 2 aromatic rings. The van der Waals surface area contributed by atoms with E-state index in [-0.39, 0.29) is 11.8 Å². The molecule has 0 bridgehead atoms. The normalized spacial score (nSPS) is 11.6. The van der Waals surface area contributed by atoms with E-state index in [0.717, 1.165) is 10.6 Å². The first-order chi connectivity index (χ1) is 11.5. The van der Waals surface area contributed by atoms with Crippen LogP contribution in [0.2, 0.25) is 5.02 Å². The van der Waals surface area contributed by atoms with Gasteiger partial charge in [-0.3, -0.25) is 14.6 Å². The Kier molecular flexibility index (Phi) is 7.08. The summed E-state index contributed by atoms with van der Waals surface area (Å²) in [7, 11) is 0. The minimum atomic E-state index is -0.619. The highest BCUT2D eigenvalue weighted by molar-refractivity contribution is 7.99. The Bertz CT molecular complexity index is 680. The summed E-state index contributed by atoms with van der Waals surface area (Å²) < 4.78 is 0. The van der Waals surface area contributed by atoms with Gasteiger partial charge in [-0.05, 0) is 36.4 Å². The smallest absolute Gasteiger partial charge is 0.243 e. The third kappa shape index (κ3) is 6.22. The second-order valence-electron chi connectivity index (χ2n) is 5.06. The largest absolute Gasteiger partial charge is 0.349 e. The van der Waals surface area contributed by atoms with Crippen LogP contribution in [0, 0.1) is 0 Å². The minimum Gasteiger partial charge on any atom is -0.349 e. The Morgan fingerprint density at radius 3 is 2.58 bits per heavy atom. The summed E-state index contributed by atoms with van der Waals surface area (Å²) in [5.41, 5.74) is 0.762. The molecule has 126 valence electrons. The summed E-state index contributed by atoms with van der Waals surface area (Å²) in [4.78, 5) is 28.8. The zero-order valence-electron chi connectivity index (χ0n) is 13.2. The highest BCUT2D eigenvalue weighted by atomic mass is 35.5. The maximum absolute atomic E-state index is 12.3. The number of carbonyl (C=O) groups excluding carboxylic acids is 2. The van der Waals surface area contributed by atoms with E-state index in [1.807, 2.05) is 30.3 Å². The van der Waals surface area contributed by atoms with Gasteiger partial charge in [-0.15, -0.1) is 11.8 Å². The van der Waals surface area contributed by atoms with Gasteiger partial charge in [-0.1, -0.05) is 17.7 Å². The number of aromatic nitrogens is 1. The van der Waals surface area contributed by atoms with Gasteiger partial charge in [0.2, 0.25) is 11.8 Å². The molecular formula is C17H18ClN3O2S. The van der Waals surface area contributed by atoms with Crippen molar-refractivity contribution < 1.29 is 9.59 Å². The fraction of sp³-hybridized carbons (Fsp3) is 0.235. The van der Waals surface area contributed by atoms with Crippen LogP contribution >= 0.6 is 23.4 Å². The molecule has 0 aliphatic carbocycles. The van der Waals surface area contributed by atoms with Crippen LogP contribution < -0.4 is 10.6 Å². The van der Waals surface area contributed by atoms with E-state index in [2.05, 4.69) is 15.6 Å². The number of nitrogens with one attached hydrogen (secondary N) is 2. The number of pyridine rings is 1. The lowest BCUT2D eigenvalue weighted by Crippen LogP contribution is -2.47. The SMILES string of the molecule is CC(=O)NC(CSc1ccc(Cl)cc1)C(=O)NCc1ccccn1. The first-order valence-electron chi connectivity index (χ1n) is 7.37. The van der Waals surface area contributed by atoms with Gasteiger partial charge in [-0.2, -0.15) is 0 Å². The predicted octanol–water partition coefficient (Wildman–Crippen LogP) is 2.65. The lowest BCUT2D eigenvalue weighted by Gasteiger charge is -2.17. The second-order valence-corrected chi connectivity index (χ2v) is 6.59. The Morgan fingerprint density at radius 2 is 1.96 bits per heavy atom. The first-order valence-corrected chi connectivity index (χ1v) is 8.74. The van der Waals surface area contributed by atoms with E-state index in [4.69, 9.17) is 11.6 Å². The van der Waals surface area contributed by atoms with Crippen LogP contribution in [0.3, 0.4) is 0 Å². The van der Waals surface area contributed by atoms with E-state index < -0.39 is 6.04 Å². The van der Waals surface area contributed by atoms with Crippen molar-refractivity contribution in [3.63, 3.8) is 0 Å². The highest BCUT2D eigenvalue weighted by Gasteiger charge is 2.19. The second kappa shape index (κ2) is 9.30. The molecule has 0 saturated heterocycles. The van der Waals surface area contributed by atoms with E-state index in [0.29, 0.717) is 17.3 Å². The molecule has 5 nitrogen and oxygen atoms in total. The molecule has 1 atom stereocenters. The molecule has 1 heterocycles. The topological polar surface area (TPSA) is 71.1 Å².